The van der Waals surface area contributed by atoms with E-state index in [1.165, 1.54) is 0 Å². The van der Waals surface area contributed by atoms with E-state index in [1.54, 1.807) is 6.33 Å². The summed E-state index contributed by atoms with van der Waals surface area (Å²) in [6.45, 7) is 4.87. The zero-order chi connectivity index (χ0) is 25.4. The van der Waals surface area contributed by atoms with Gasteiger partial charge in [-0.05, 0) is 76.4 Å². The highest BCUT2D eigenvalue weighted by atomic mass is 35.5. The molecule has 2 aromatic carbocycles. The Morgan fingerprint density at radius 2 is 1.89 bits per heavy atom. The molecule has 4 aromatic rings. The Balaban J connectivity index is 1.37. The number of aromatic nitrogens is 4. The Hall–Kier alpha value is -3.16. The first-order chi connectivity index (χ1) is 18.0. The summed E-state index contributed by atoms with van der Waals surface area (Å²) in [5.41, 5.74) is 3.18. The van der Waals surface area contributed by atoms with Crippen LogP contribution in [0.4, 0.5) is 0 Å². The minimum Gasteiger partial charge on any atom is -0.490 e. The van der Waals surface area contributed by atoms with Crippen LogP contribution in [-0.4, -0.2) is 56.3 Å². The van der Waals surface area contributed by atoms with E-state index in [1.807, 2.05) is 36.4 Å². The second-order valence-corrected chi connectivity index (χ2v) is 10.9. The molecule has 6 rings (SSSR count). The van der Waals surface area contributed by atoms with Gasteiger partial charge in [0.25, 0.3) is 0 Å². The molecular formula is C29H32ClN5O2. The van der Waals surface area contributed by atoms with Gasteiger partial charge in [0.1, 0.15) is 23.5 Å². The van der Waals surface area contributed by atoms with Gasteiger partial charge in [-0.2, -0.15) is 4.98 Å². The third kappa shape index (κ3) is 5.29. The Morgan fingerprint density at radius 1 is 1.05 bits per heavy atom. The van der Waals surface area contributed by atoms with Gasteiger partial charge in [-0.25, -0.2) is 9.97 Å². The molecule has 37 heavy (non-hydrogen) atoms. The molecular weight excluding hydrogens is 486 g/mol. The van der Waals surface area contributed by atoms with Crippen LogP contribution in [0.3, 0.4) is 0 Å². The molecule has 2 fully saturated rings. The van der Waals surface area contributed by atoms with Crippen LogP contribution in [0.2, 0.25) is 5.02 Å². The van der Waals surface area contributed by atoms with Crippen molar-refractivity contribution in [3.05, 3.63) is 65.4 Å². The highest BCUT2D eigenvalue weighted by molar-refractivity contribution is 6.33. The molecule has 2 aliphatic rings. The van der Waals surface area contributed by atoms with Gasteiger partial charge in [-0.15, -0.1) is 0 Å². The molecule has 3 heterocycles. The largest absolute Gasteiger partial charge is 0.490 e. The first-order valence-corrected chi connectivity index (χ1v) is 13.4. The average Bonchev–Trinajstić information content (AvgIpc) is 3.56. The number of rotatable bonds is 7. The molecule has 2 aromatic heterocycles. The van der Waals surface area contributed by atoms with Gasteiger partial charge in [-0.3, -0.25) is 0 Å². The molecule has 1 saturated carbocycles. The lowest BCUT2D eigenvalue weighted by molar-refractivity contribution is 0.183. The van der Waals surface area contributed by atoms with Crippen molar-refractivity contribution in [1.29, 1.82) is 0 Å². The van der Waals surface area contributed by atoms with E-state index >= 15 is 0 Å². The summed E-state index contributed by atoms with van der Waals surface area (Å²) in [5.74, 6) is 2.05. The zero-order valence-electron chi connectivity index (χ0n) is 21.4. The molecule has 0 radical (unpaired) electrons. The molecule has 1 saturated heterocycles. The van der Waals surface area contributed by atoms with Crippen molar-refractivity contribution in [2.75, 3.05) is 20.1 Å². The van der Waals surface area contributed by atoms with Crippen LogP contribution in [0.15, 0.2) is 54.9 Å². The predicted octanol–water partition coefficient (Wildman–Crippen LogP) is 5.99. The molecule has 192 valence electrons. The van der Waals surface area contributed by atoms with Crippen LogP contribution in [-0.2, 0) is 6.54 Å². The fourth-order valence-electron chi connectivity index (χ4n) is 4.89. The normalized spacial score (nSPS) is 19.5. The van der Waals surface area contributed by atoms with E-state index in [-0.39, 0.29) is 11.7 Å². The summed E-state index contributed by atoms with van der Waals surface area (Å²) in [6.07, 6.45) is 7.00. The summed E-state index contributed by atoms with van der Waals surface area (Å²) in [6, 6.07) is 16.2. The summed E-state index contributed by atoms with van der Waals surface area (Å²) in [4.78, 5) is 16.4. The van der Waals surface area contributed by atoms with E-state index < -0.39 is 0 Å². The third-order valence-corrected chi connectivity index (χ3v) is 7.67. The molecule has 1 atom stereocenters. The van der Waals surface area contributed by atoms with Crippen molar-refractivity contribution in [3.63, 3.8) is 0 Å². The van der Waals surface area contributed by atoms with Gasteiger partial charge in [0.05, 0.1) is 17.7 Å². The number of halogens is 1. The number of nitrogens with zero attached hydrogens (tertiary/aromatic N) is 5. The lowest BCUT2D eigenvalue weighted by Gasteiger charge is -2.18. The number of fused-ring (bicyclic) bond motifs is 1. The summed E-state index contributed by atoms with van der Waals surface area (Å²) in [5, 5.41) is 0.595. The first-order valence-electron chi connectivity index (χ1n) is 13.1. The molecule has 8 heteroatoms. The molecule has 1 aliphatic carbocycles. The second kappa shape index (κ2) is 9.95. The van der Waals surface area contributed by atoms with Crippen molar-refractivity contribution in [2.24, 2.45) is 0 Å². The fourth-order valence-corrected chi connectivity index (χ4v) is 5.15. The van der Waals surface area contributed by atoms with Crippen molar-refractivity contribution >= 4 is 22.8 Å². The number of likely N-dealkylation sites (tertiary alicyclic amines) is 1. The average molecular weight is 518 g/mol. The Morgan fingerprint density at radius 3 is 2.68 bits per heavy atom. The minimum absolute atomic E-state index is 0.173. The number of benzene rings is 2. The highest BCUT2D eigenvalue weighted by Gasteiger charge is 2.41. The maximum Gasteiger partial charge on any atom is 0.245 e. The predicted molar refractivity (Wildman–Crippen MR) is 145 cm³/mol. The van der Waals surface area contributed by atoms with Crippen LogP contribution in [0, 0.1) is 0 Å². The number of imidazole rings is 1. The minimum atomic E-state index is -0.173. The molecule has 0 N–H and O–H groups in total. The number of hydrogen-bond acceptors (Lipinski definition) is 6. The van der Waals surface area contributed by atoms with Crippen molar-refractivity contribution in [2.45, 2.75) is 57.3 Å². The zero-order valence-corrected chi connectivity index (χ0v) is 22.1. The number of hydrogen-bond donors (Lipinski definition) is 0. The van der Waals surface area contributed by atoms with Crippen LogP contribution in [0.25, 0.3) is 22.6 Å². The quantitative estimate of drug-likeness (QED) is 0.300. The molecule has 0 spiro atoms. The van der Waals surface area contributed by atoms with Crippen molar-refractivity contribution < 1.29 is 9.47 Å². The van der Waals surface area contributed by atoms with E-state index in [2.05, 4.69) is 45.5 Å². The van der Waals surface area contributed by atoms with Crippen LogP contribution >= 0.6 is 11.6 Å². The Bertz CT molecular complexity index is 1400. The summed E-state index contributed by atoms with van der Waals surface area (Å²) < 4.78 is 14.7. The summed E-state index contributed by atoms with van der Waals surface area (Å²) >= 11 is 6.89. The Kier molecular flexibility index (Phi) is 6.51. The van der Waals surface area contributed by atoms with Gasteiger partial charge in [-0.1, -0.05) is 41.9 Å². The van der Waals surface area contributed by atoms with Crippen molar-refractivity contribution in [1.82, 2.24) is 24.4 Å². The molecule has 7 nitrogen and oxygen atoms in total. The van der Waals surface area contributed by atoms with Crippen LogP contribution in [0.1, 0.15) is 44.6 Å². The molecule has 0 unspecified atom stereocenters. The van der Waals surface area contributed by atoms with Gasteiger partial charge in [0, 0.05) is 12.1 Å². The second-order valence-electron chi connectivity index (χ2n) is 10.5. The molecule has 0 amide bonds. The van der Waals surface area contributed by atoms with E-state index in [4.69, 9.17) is 26.1 Å². The standard InChI is InChI=1S/C29H32ClN5O2/c1-29(13-14-29)37-28-25-27(31-19-32-28)35(18-20-7-4-3-5-8-20)26(33-25)23-11-10-22(17-24(23)30)36-21-9-6-15-34(2)16-12-21/h3-5,7-8,10-11,17,19,21H,6,9,12-16,18H2,1-2H3/t21-/m1/s1. The fraction of sp³-hybridized carbons (Fsp3) is 0.414. The lowest BCUT2D eigenvalue weighted by atomic mass is 10.1. The first kappa shape index (κ1) is 24.2. The highest BCUT2D eigenvalue weighted by Crippen LogP contribution is 2.41. The van der Waals surface area contributed by atoms with Gasteiger partial charge >= 0.3 is 0 Å². The van der Waals surface area contributed by atoms with E-state index in [0.29, 0.717) is 23.0 Å². The van der Waals surface area contributed by atoms with E-state index in [0.717, 1.165) is 73.5 Å². The SMILES string of the molecule is CN1CCC[C@@H](Oc2ccc(-c3nc4c(OC5(C)CC5)ncnc4n3Cc3ccccc3)c(Cl)c2)CC1. The molecule has 0 bridgehead atoms. The third-order valence-electron chi connectivity index (χ3n) is 7.36. The monoisotopic (exact) mass is 517 g/mol. The maximum atomic E-state index is 6.89. The number of ether oxygens (including phenoxy) is 2. The van der Waals surface area contributed by atoms with Crippen molar-refractivity contribution in [3.8, 4) is 23.0 Å². The van der Waals surface area contributed by atoms with Gasteiger partial charge in [0.15, 0.2) is 11.2 Å². The smallest absolute Gasteiger partial charge is 0.245 e. The topological polar surface area (TPSA) is 65.3 Å². The lowest BCUT2D eigenvalue weighted by Crippen LogP contribution is -2.21. The van der Waals surface area contributed by atoms with E-state index in [9.17, 15) is 0 Å². The maximum absolute atomic E-state index is 6.89. The Labute approximate surface area is 222 Å². The van der Waals surface area contributed by atoms with Gasteiger partial charge < -0.3 is 18.9 Å². The summed E-state index contributed by atoms with van der Waals surface area (Å²) in [7, 11) is 2.17. The van der Waals surface area contributed by atoms with Crippen LogP contribution < -0.4 is 9.47 Å². The van der Waals surface area contributed by atoms with Crippen LogP contribution in [0.5, 0.6) is 11.6 Å². The molecule has 1 aliphatic heterocycles. The van der Waals surface area contributed by atoms with Gasteiger partial charge in [0.2, 0.25) is 5.88 Å².